The van der Waals surface area contributed by atoms with Crippen molar-refractivity contribution in [3.8, 4) is 0 Å². The first-order valence-electron chi connectivity index (χ1n) is 10.9. The number of hydrogen-bond donors (Lipinski definition) is 0. The normalized spacial score (nSPS) is 23.7. The first-order valence-corrected chi connectivity index (χ1v) is 10.9. The molecule has 0 radical (unpaired) electrons. The molecule has 1 amide bonds. The zero-order valence-corrected chi connectivity index (χ0v) is 16.9. The summed E-state index contributed by atoms with van der Waals surface area (Å²) in [7, 11) is 0. The van der Waals surface area contributed by atoms with Gasteiger partial charge in [-0.15, -0.1) is 5.10 Å². The van der Waals surface area contributed by atoms with E-state index in [-0.39, 0.29) is 12.0 Å². The molecule has 7 nitrogen and oxygen atoms in total. The van der Waals surface area contributed by atoms with Crippen molar-refractivity contribution < 1.29 is 9.53 Å². The number of piperazine rings is 1. The topological polar surface area (TPSA) is 63.5 Å². The van der Waals surface area contributed by atoms with Crippen molar-refractivity contribution in [1.82, 2.24) is 24.8 Å². The van der Waals surface area contributed by atoms with Gasteiger partial charge >= 0.3 is 0 Å². The first kappa shape index (κ1) is 18.8. The molecular formula is C22H29N5O2. The molecule has 1 aromatic heterocycles. The van der Waals surface area contributed by atoms with Crippen LogP contribution in [-0.4, -0.2) is 62.9 Å². The highest BCUT2D eigenvalue weighted by Gasteiger charge is 2.32. The van der Waals surface area contributed by atoms with Gasteiger partial charge in [0, 0.05) is 32.2 Å². The van der Waals surface area contributed by atoms with Gasteiger partial charge in [0.15, 0.2) is 5.69 Å². The Kier molecular flexibility index (Phi) is 5.33. The van der Waals surface area contributed by atoms with Crippen LogP contribution in [0.4, 0.5) is 0 Å². The molecule has 1 saturated heterocycles. The SMILES string of the molecule is O=C(c1nnn2c1CO[C@H](c1ccccc1)C2)N1CCN(C2CCCCC2)CC1. The fourth-order valence-corrected chi connectivity index (χ4v) is 4.93. The number of amides is 1. The lowest BCUT2D eigenvalue weighted by Crippen LogP contribution is -2.52. The molecule has 1 saturated carbocycles. The summed E-state index contributed by atoms with van der Waals surface area (Å²) >= 11 is 0. The van der Waals surface area contributed by atoms with Gasteiger partial charge in [0.05, 0.1) is 18.8 Å². The van der Waals surface area contributed by atoms with Crippen LogP contribution < -0.4 is 0 Å². The predicted molar refractivity (Wildman–Crippen MR) is 108 cm³/mol. The number of aromatic nitrogens is 3. The molecule has 29 heavy (non-hydrogen) atoms. The monoisotopic (exact) mass is 395 g/mol. The number of nitrogens with zero attached hydrogens (tertiary/aromatic N) is 5. The van der Waals surface area contributed by atoms with Crippen LogP contribution in [-0.2, 0) is 17.9 Å². The molecule has 5 rings (SSSR count). The molecule has 1 atom stereocenters. The summed E-state index contributed by atoms with van der Waals surface area (Å²) in [5, 5.41) is 8.50. The van der Waals surface area contributed by atoms with Gasteiger partial charge in [-0.05, 0) is 18.4 Å². The Labute approximate surface area is 171 Å². The minimum atomic E-state index is -0.0487. The maximum atomic E-state index is 13.1. The van der Waals surface area contributed by atoms with E-state index in [1.165, 1.54) is 32.1 Å². The third kappa shape index (κ3) is 3.81. The average molecular weight is 396 g/mol. The molecule has 2 aromatic rings. The lowest BCUT2D eigenvalue weighted by atomic mass is 9.94. The van der Waals surface area contributed by atoms with Crippen molar-refractivity contribution in [1.29, 1.82) is 0 Å². The Balaban J connectivity index is 1.23. The second kappa shape index (κ2) is 8.24. The number of fused-ring (bicyclic) bond motifs is 1. The van der Waals surface area contributed by atoms with E-state index in [1.54, 1.807) is 0 Å². The van der Waals surface area contributed by atoms with Gasteiger partial charge in [-0.25, -0.2) is 4.68 Å². The summed E-state index contributed by atoms with van der Waals surface area (Å²) in [6.07, 6.45) is 6.65. The van der Waals surface area contributed by atoms with Crippen LogP contribution in [0.3, 0.4) is 0 Å². The van der Waals surface area contributed by atoms with Crippen LogP contribution in [0, 0.1) is 0 Å². The molecule has 3 heterocycles. The molecule has 0 unspecified atom stereocenters. The Bertz CT molecular complexity index is 838. The summed E-state index contributed by atoms with van der Waals surface area (Å²) in [6, 6.07) is 10.9. The van der Waals surface area contributed by atoms with Crippen LogP contribution in [0.2, 0.25) is 0 Å². The Morgan fingerprint density at radius 1 is 1.00 bits per heavy atom. The maximum absolute atomic E-state index is 13.1. The van der Waals surface area contributed by atoms with Crippen molar-refractivity contribution in [3.63, 3.8) is 0 Å². The number of carbonyl (C=O) groups is 1. The van der Waals surface area contributed by atoms with E-state index in [0.717, 1.165) is 37.4 Å². The van der Waals surface area contributed by atoms with Crippen molar-refractivity contribution >= 4 is 5.91 Å². The largest absolute Gasteiger partial charge is 0.365 e. The second-order valence-corrected chi connectivity index (χ2v) is 8.40. The Morgan fingerprint density at radius 2 is 1.76 bits per heavy atom. The van der Waals surface area contributed by atoms with Gasteiger partial charge in [0.25, 0.3) is 5.91 Å². The van der Waals surface area contributed by atoms with E-state index >= 15 is 0 Å². The smallest absolute Gasteiger partial charge is 0.276 e. The van der Waals surface area contributed by atoms with Crippen LogP contribution in [0.1, 0.15) is 60.0 Å². The minimum absolute atomic E-state index is 0.00342. The number of benzene rings is 1. The van der Waals surface area contributed by atoms with Gasteiger partial charge in [-0.1, -0.05) is 54.8 Å². The molecule has 2 aliphatic heterocycles. The lowest BCUT2D eigenvalue weighted by Gasteiger charge is -2.40. The molecule has 0 bridgehead atoms. The van der Waals surface area contributed by atoms with Crippen LogP contribution in [0.15, 0.2) is 30.3 Å². The van der Waals surface area contributed by atoms with Gasteiger partial charge in [-0.2, -0.15) is 0 Å². The Hall–Kier alpha value is -2.25. The van der Waals surface area contributed by atoms with E-state index in [1.807, 2.05) is 27.8 Å². The van der Waals surface area contributed by atoms with E-state index in [9.17, 15) is 4.79 Å². The van der Waals surface area contributed by atoms with Crippen molar-refractivity contribution in [2.75, 3.05) is 26.2 Å². The fourth-order valence-electron chi connectivity index (χ4n) is 4.93. The molecule has 3 aliphatic rings. The van der Waals surface area contributed by atoms with Gasteiger partial charge in [-0.3, -0.25) is 9.69 Å². The predicted octanol–water partition coefficient (Wildman–Crippen LogP) is 2.64. The van der Waals surface area contributed by atoms with Gasteiger partial charge in [0.2, 0.25) is 0 Å². The summed E-state index contributed by atoms with van der Waals surface area (Å²) in [4.78, 5) is 17.6. The maximum Gasteiger partial charge on any atom is 0.276 e. The number of ether oxygens (including phenoxy) is 1. The Morgan fingerprint density at radius 3 is 2.52 bits per heavy atom. The summed E-state index contributed by atoms with van der Waals surface area (Å²) < 4.78 is 7.88. The number of rotatable bonds is 3. The van der Waals surface area contributed by atoms with Crippen LogP contribution in [0.5, 0.6) is 0 Å². The quantitative estimate of drug-likeness (QED) is 0.800. The summed E-state index contributed by atoms with van der Waals surface area (Å²) in [6.45, 7) is 4.44. The van der Waals surface area contributed by atoms with E-state index in [4.69, 9.17) is 4.74 Å². The summed E-state index contributed by atoms with van der Waals surface area (Å²) in [5.41, 5.74) is 2.39. The third-order valence-electron chi connectivity index (χ3n) is 6.66. The van der Waals surface area contributed by atoms with Crippen LogP contribution >= 0.6 is 0 Å². The van der Waals surface area contributed by atoms with E-state index in [2.05, 4.69) is 27.3 Å². The standard InChI is InChI=1S/C22H29N5O2/c28-22(26-13-11-25(12-14-26)18-9-5-2-6-10-18)21-19-16-29-20(15-27(19)24-23-21)17-7-3-1-4-8-17/h1,3-4,7-8,18,20H,2,5-6,9-16H2/t20-/m0/s1. The minimum Gasteiger partial charge on any atom is -0.365 e. The fraction of sp³-hybridized carbons (Fsp3) is 0.591. The number of hydrogen-bond acceptors (Lipinski definition) is 5. The first-order chi connectivity index (χ1) is 14.3. The van der Waals surface area contributed by atoms with Crippen molar-refractivity contribution in [2.45, 2.75) is 57.4 Å². The van der Waals surface area contributed by atoms with Gasteiger partial charge < -0.3 is 9.64 Å². The lowest BCUT2D eigenvalue weighted by molar-refractivity contribution is -0.00210. The zero-order valence-electron chi connectivity index (χ0n) is 16.9. The van der Waals surface area contributed by atoms with Crippen LogP contribution in [0.25, 0.3) is 0 Å². The molecular weight excluding hydrogens is 366 g/mol. The van der Waals surface area contributed by atoms with E-state index < -0.39 is 0 Å². The molecule has 154 valence electrons. The molecule has 7 heteroatoms. The molecule has 0 N–H and O–H groups in total. The second-order valence-electron chi connectivity index (χ2n) is 8.40. The zero-order chi connectivity index (χ0) is 19.6. The highest BCUT2D eigenvalue weighted by Crippen LogP contribution is 2.28. The molecule has 1 aromatic carbocycles. The highest BCUT2D eigenvalue weighted by molar-refractivity contribution is 5.93. The van der Waals surface area contributed by atoms with Crippen molar-refractivity contribution in [2.24, 2.45) is 0 Å². The molecule has 1 aliphatic carbocycles. The number of carbonyl (C=O) groups excluding carboxylic acids is 1. The van der Waals surface area contributed by atoms with Crippen molar-refractivity contribution in [3.05, 3.63) is 47.3 Å². The molecule has 0 spiro atoms. The summed E-state index contributed by atoms with van der Waals surface area (Å²) in [5.74, 6) is -0.00342. The highest BCUT2D eigenvalue weighted by atomic mass is 16.5. The molecule has 2 fully saturated rings. The van der Waals surface area contributed by atoms with E-state index in [0.29, 0.717) is 24.9 Å². The average Bonchev–Trinajstić information content (AvgIpc) is 3.23. The van der Waals surface area contributed by atoms with Gasteiger partial charge in [0.1, 0.15) is 6.10 Å². The third-order valence-corrected chi connectivity index (χ3v) is 6.66.